The maximum Gasteiger partial charge on any atom is 0.143 e. The summed E-state index contributed by atoms with van der Waals surface area (Å²) in [5.74, 6) is 1.07. The lowest BCUT2D eigenvalue weighted by Crippen LogP contribution is -2.33. The summed E-state index contributed by atoms with van der Waals surface area (Å²) in [4.78, 5) is 3.53. The first-order chi connectivity index (χ1) is 16.1. The lowest BCUT2D eigenvalue weighted by Gasteiger charge is -2.27. The van der Waals surface area contributed by atoms with Crippen LogP contribution in [0, 0.1) is 0 Å². The number of fused-ring (bicyclic) bond motifs is 5. The Kier molecular flexibility index (Phi) is 5.13. The van der Waals surface area contributed by atoms with Crippen molar-refractivity contribution in [2.75, 3.05) is 26.2 Å². The SMILES string of the molecule is Oc1ccc2c3c(sc2c1)-c1ccccc1C3(O)c1ccc(OCCN2CCCCC2)cc1. The summed E-state index contributed by atoms with van der Waals surface area (Å²) in [5, 5.41) is 23.2. The van der Waals surface area contributed by atoms with E-state index in [-0.39, 0.29) is 5.75 Å². The van der Waals surface area contributed by atoms with Gasteiger partial charge in [0.2, 0.25) is 0 Å². The van der Waals surface area contributed by atoms with E-state index >= 15 is 0 Å². The second kappa shape index (κ2) is 8.17. The van der Waals surface area contributed by atoms with Gasteiger partial charge in [0, 0.05) is 32.6 Å². The minimum Gasteiger partial charge on any atom is -0.508 e. The van der Waals surface area contributed by atoms with Gasteiger partial charge in [-0.15, -0.1) is 11.3 Å². The fourth-order valence-electron chi connectivity index (χ4n) is 5.33. The summed E-state index contributed by atoms with van der Waals surface area (Å²) in [6.45, 7) is 3.97. The highest BCUT2D eigenvalue weighted by Crippen LogP contribution is 2.57. The number of aliphatic hydroxyl groups is 1. The molecule has 5 heteroatoms. The quantitative estimate of drug-likeness (QED) is 0.401. The van der Waals surface area contributed by atoms with Crippen LogP contribution in [0.2, 0.25) is 0 Å². The molecule has 1 saturated heterocycles. The van der Waals surface area contributed by atoms with Crippen molar-refractivity contribution in [3.05, 3.63) is 83.4 Å². The fraction of sp³-hybridized carbons (Fsp3) is 0.286. The van der Waals surface area contributed by atoms with E-state index in [0.29, 0.717) is 6.61 Å². The van der Waals surface area contributed by atoms with Gasteiger partial charge in [-0.05, 0) is 67.4 Å². The van der Waals surface area contributed by atoms with Crippen LogP contribution in [-0.2, 0) is 5.60 Å². The Hall–Kier alpha value is -2.86. The van der Waals surface area contributed by atoms with Gasteiger partial charge in [-0.3, -0.25) is 4.90 Å². The average Bonchev–Trinajstić information content (AvgIpc) is 3.34. The summed E-state index contributed by atoms with van der Waals surface area (Å²) in [5.41, 5.74) is 2.44. The molecule has 6 rings (SSSR count). The zero-order valence-corrected chi connectivity index (χ0v) is 19.3. The van der Waals surface area contributed by atoms with Crippen molar-refractivity contribution in [1.82, 2.24) is 4.90 Å². The molecular weight excluding hydrogens is 430 g/mol. The van der Waals surface area contributed by atoms with Crippen LogP contribution in [-0.4, -0.2) is 41.4 Å². The molecule has 0 saturated carbocycles. The first-order valence-electron chi connectivity index (χ1n) is 11.7. The first kappa shape index (κ1) is 20.7. The molecule has 2 aliphatic rings. The molecule has 0 bridgehead atoms. The number of benzene rings is 3. The average molecular weight is 458 g/mol. The number of thiophene rings is 1. The fourth-order valence-corrected chi connectivity index (χ4v) is 6.66. The van der Waals surface area contributed by atoms with E-state index in [1.807, 2.05) is 48.5 Å². The normalized spacial score (nSPS) is 20.0. The van der Waals surface area contributed by atoms with Gasteiger partial charge in [0.1, 0.15) is 23.7 Å². The van der Waals surface area contributed by atoms with Crippen molar-refractivity contribution >= 4 is 21.4 Å². The molecule has 1 aliphatic heterocycles. The Morgan fingerprint density at radius 2 is 1.73 bits per heavy atom. The molecule has 0 radical (unpaired) electrons. The summed E-state index contributed by atoms with van der Waals surface area (Å²) < 4.78 is 7.00. The van der Waals surface area contributed by atoms with Gasteiger partial charge >= 0.3 is 0 Å². The van der Waals surface area contributed by atoms with Crippen LogP contribution >= 0.6 is 11.3 Å². The predicted octanol–water partition coefficient (Wildman–Crippen LogP) is 5.74. The lowest BCUT2D eigenvalue weighted by atomic mass is 9.83. The highest BCUT2D eigenvalue weighted by molar-refractivity contribution is 7.22. The lowest BCUT2D eigenvalue weighted by molar-refractivity contribution is 0.132. The van der Waals surface area contributed by atoms with Crippen LogP contribution in [0.5, 0.6) is 11.5 Å². The van der Waals surface area contributed by atoms with E-state index in [1.165, 1.54) is 32.4 Å². The minimum atomic E-state index is -1.24. The van der Waals surface area contributed by atoms with Crippen LogP contribution < -0.4 is 4.74 Å². The number of nitrogens with zero attached hydrogens (tertiary/aromatic N) is 1. The van der Waals surface area contributed by atoms with Gasteiger partial charge in [0.15, 0.2) is 0 Å². The zero-order chi connectivity index (χ0) is 22.4. The van der Waals surface area contributed by atoms with E-state index in [0.717, 1.165) is 49.5 Å². The standard InChI is InChI=1S/C28H27NO3S/c30-20-10-13-23-25(18-20)33-27-22-6-2-3-7-24(22)28(31,26(23)27)19-8-11-21(12-9-19)32-17-16-29-14-4-1-5-15-29/h2-3,6-13,18,30-31H,1,4-5,14-17H2. The number of ether oxygens (including phenoxy) is 1. The largest absolute Gasteiger partial charge is 0.508 e. The molecule has 2 N–H and O–H groups in total. The van der Waals surface area contributed by atoms with Gasteiger partial charge in [0.05, 0.1) is 0 Å². The first-order valence-corrected chi connectivity index (χ1v) is 12.5. The highest BCUT2D eigenvalue weighted by Gasteiger charge is 2.45. The third kappa shape index (κ3) is 3.43. The Labute approximate surface area is 197 Å². The maximum atomic E-state index is 12.3. The van der Waals surface area contributed by atoms with Gasteiger partial charge in [-0.2, -0.15) is 0 Å². The summed E-state index contributed by atoms with van der Waals surface area (Å²) in [6, 6.07) is 21.3. The Morgan fingerprint density at radius 3 is 2.55 bits per heavy atom. The van der Waals surface area contributed by atoms with Crippen molar-refractivity contribution in [1.29, 1.82) is 0 Å². The predicted molar refractivity (Wildman–Crippen MR) is 133 cm³/mol. The van der Waals surface area contributed by atoms with Crippen LogP contribution in [0.15, 0.2) is 66.7 Å². The molecular formula is C28H27NO3S. The third-order valence-corrected chi connectivity index (χ3v) is 8.18. The highest BCUT2D eigenvalue weighted by atomic mass is 32.1. The second-order valence-corrected chi connectivity index (χ2v) is 10.1. The minimum absolute atomic E-state index is 0.241. The van der Waals surface area contributed by atoms with Crippen LogP contribution in [0.25, 0.3) is 20.5 Å². The van der Waals surface area contributed by atoms with Crippen LogP contribution in [0.3, 0.4) is 0 Å². The van der Waals surface area contributed by atoms with Crippen molar-refractivity contribution in [2.24, 2.45) is 0 Å². The molecule has 1 aliphatic carbocycles. The molecule has 2 heterocycles. The number of rotatable bonds is 5. The van der Waals surface area contributed by atoms with Gasteiger partial charge in [-0.25, -0.2) is 0 Å². The maximum absolute atomic E-state index is 12.3. The molecule has 3 aromatic carbocycles. The number of hydrogen-bond donors (Lipinski definition) is 2. The van der Waals surface area contributed by atoms with Crippen molar-refractivity contribution < 1.29 is 14.9 Å². The number of piperidine rings is 1. The Morgan fingerprint density at radius 1 is 0.939 bits per heavy atom. The molecule has 0 amide bonds. The van der Waals surface area contributed by atoms with E-state index in [9.17, 15) is 10.2 Å². The molecule has 0 spiro atoms. The summed E-state index contributed by atoms with van der Waals surface area (Å²) in [7, 11) is 0. The molecule has 1 atom stereocenters. The molecule has 4 nitrogen and oxygen atoms in total. The van der Waals surface area contributed by atoms with E-state index in [2.05, 4.69) is 11.0 Å². The summed E-state index contributed by atoms with van der Waals surface area (Å²) in [6.07, 6.45) is 3.91. The van der Waals surface area contributed by atoms with Crippen molar-refractivity contribution in [3.63, 3.8) is 0 Å². The number of likely N-dealkylation sites (tertiary alicyclic amines) is 1. The molecule has 1 unspecified atom stereocenters. The van der Waals surface area contributed by atoms with Gasteiger partial charge in [-0.1, -0.05) is 42.8 Å². The molecule has 33 heavy (non-hydrogen) atoms. The summed E-state index contributed by atoms with van der Waals surface area (Å²) >= 11 is 1.62. The monoisotopic (exact) mass is 457 g/mol. The van der Waals surface area contributed by atoms with Crippen molar-refractivity contribution in [2.45, 2.75) is 24.9 Å². The smallest absolute Gasteiger partial charge is 0.143 e. The van der Waals surface area contributed by atoms with Crippen molar-refractivity contribution in [3.8, 4) is 21.9 Å². The second-order valence-electron chi connectivity index (χ2n) is 9.02. The van der Waals surface area contributed by atoms with Crippen LogP contribution in [0.4, 0.5) is 0 Å². The topological polar surface area (TPSA) is 52.9 Å². The number of hydrogen-bond acceptors (Lipinski definition) is 5. The number of phenols is 1. The third-order valence-electron chi connectivity index (χ3n) is 6.99. The molecule has 1 fully saturated rings. The Bertz CT molecular complexity index is 1310. The number of aromatic hydroxyl groups is 1. The van der Waals surface area contributed by atoms with E-state index in [1.54, 1.807) is 23.5 Å². The van der Waals surface area contributed by atoms with E-state index < -0.39 is 5.60 Å². The van der Waals surface area contributed by atoms with E-state index in [4.69, 9.17) is 4.74 Å². The molecule has 168 valence electrons. The Balaban J connectivity index is 1.33. The zero-order valence-electron chi connectivity index (χ0n) is 18.5. The molecule has 1 aromatic heterocycles. The number of phenolic OH excluding ortho intramolecular Hbond substituents is 1. The van der Waals surface area contributed by atoms with Gasteiger partial charge in [0.25, 0.3) is 0 Å². The van der Waals surface area contributed by atoms with Gasteiger partial charge < -0.3 is 14.9 Å². The molecule has 4 aromatic rings. The van der Waals surface area contributed by atoms with Crippen LogP contribution in [0.1, 0.15) is 36.0 Å².